The normalized spacial score (nSPS) is 12.3. The maximum Gasteiger partial charge on any atom is 0.00641 e. The molecule has 2 aromatic rings. The van der Waals surface area contributed by atoms with E-state index in [1.807, 2.05) is 12.1 Å². The summed E-state index contributed by atoms with van der Waals surface area (Å²) in [6.45, 7) is 6.12. The van der Waals surface area contributed by atoms with Crippen LogP contribution >= 0.6 is 22.6 Å². The van der Waals surface area contributed by atoms with E-state index in [1.54, 1.807) is 0 Å². The number of benzene rings is 2. The smallest absolute Gasteiger partial charge is 0.00641 e. The van der Waals surface area contributed by atoms with Crippen LogP contribution in [0.25, 0.3) is 11.1 Å². The van der Waals surface area contributed by atoms with Crippen LogP contribution in [0.1, 0.15) is 18.1 Å². The van der Waals surface area contributed by atoms with Crippen LogP contribution in [0.3, 0.4) is 0 Å². The van der Waals surface area contributed by atoms with Gasteiger partial charge in [-0.2, -0.15) is 0 Å². The highest BCUT2D eigenvalue weighted by atomic mass is 127. The van der Waals surface area contributed by atoms with Crippen molar-refractivity contribution in [2.45, 2.75) is 6.92 Å². The molecule has 1 heteroatoms. The largest absolute Gasteiger partial charge is 0.0856 e. The van der Waals surface area contributed by atoms with Gasteiger partial charge < -0.3 is 0 Å². The highest BCUT2D eigenvalue weighted by molar-refractivity contribution is 14.1. The molecule has 0 radical (unpaired) electrons. The molecule has 0 aliphatic carbocycles. The fourth-order valence-electron chi connectivity index (χ4n) is 2.03. The molecule has 0 atom stereocenters. The summed E-state index contributed by atoms with van der Waals surface area (Å²) in [5, 5.41) is 0. The zero-order valence-electron chi connectivity index (χ0n) is 11.5. The van der Waals surface area contributed by atoms with E-state index in [2.05, 4.69) is 96.8 Å². The van der Waals surface area contributed by atoms with Crippen molar-refractivity contribution in [3.63, 3.8) is 0 Å². The first-order chi connectivity index (χ1) is 9.66. The van der Waals surface area contributed by atoms with Crippen LogP contribution < -0.4 is 0 Å². The number of allylic oxidation sites excluding steroid dienone is 5. The van der Waals surface area contributed by atoms with Crippen molar-refractivity contribution in [2.75, 3.05) is 0 Å². The summed E-state index contributed by atoms with van der Waals surface area (Å²) < 4.78 is 1.03. The average Bonchev–Trinajstić information content (AvgIpc) is 2.48. The third-order valence-electron chi connectivity index (χ3n) is 3.02. The molecule has 0 spiro atoms. The Morgan fingerprint density at radius 3 is 1.85 bits per heavy atom. The van der Waals surface area contributed by atoms with Gasteiger partial charge in [-0.15, -0.1) is 0 Å². The molecule has 0 saturated carbocycles. The fraction of sp³-hybridized carbons (Fsp3) is 0.0526. The summed E-state index contributed by atoms with van der Waals surface area (Å²) in [5.74, 6) is 0. The minimum atomic E-state index is 1.03. The first-order valence-corrected chi connectivity index (χ1v) is 7.60. The van der Waals surface area contributed by atoms with Crippen molar-refractivity contribution < 1.29 is 0 Å². The van der Waals surface area contributed by atoms with Gasteiger partial charge in [-0.1, -0.05) is 73.3 Å². The Balaban J connectivity index is 2.42. The van der Waals surface area contributed by atoms with Gasteiger partial charge in [0.25, 0.3) is 0 Å². The summed E-state index contributed by atoms with van der Waals surface area (Å²) >= 11 is 2.25. The van der Waals surface area contributed by atoms with Crippen LogP contribution in [0.2, 0.25) is 0 Å². The van der Waals surface area contributed by atoms with Crippen molar-refractivity contribution in [1.29, 1.82) is 0 Å². The maximum absolute atomic E-state index is 3.98. The van der Waals surface area contributed by atoms with Gasteiger partial charge in [0, 0.05) is 3.58 Å². The molecule has 0 N–H and O–H groups in total. The van der Waals surface area contributed by atoms with Gasteiger partial charge in [-0.05, 0) is 57.9 Å². The third-order valence-corrected chi connectivity index (χ3v) is 3.33. The lowest BCUT2D eigenvalue weighted by Crippen LogP contribution is -1.84. The first kappa shape index (κ1) is 14.8. The molecule has 0 bridgehead atoms. The predicted molar refractivity (Wildman–Crippen MR) is 97.7 cm³/mol. The minimum absolute atomic E-state index is 1.03. The van der Waals surface area contributed by atoms with Crippen LogP contribution in [0.4, 0.5) is 0 Å². The van der Waals surface area contributed by atoms with E-state index in [0.717, 1.165) is 3.58 Å². The second kappa shape index (κ2) is 7.25. The van der Waals surface area contributed by atoms with E-state index in [-0.39, 0.29) is 0 Å². The lowest BCUT2D eigenvalue weighted by Gasteiger charge is -2.06. The van der Waals surface area contributed by atoms with Crippen LogP contribution in [0.15, 0.2) is 83.0 Å². The standard InChI is InChI=1S/C19H17I/c1-15(17-9-5-3-6-10-17)13-19(14-16(2)20)18-11-7-4-8-12-18/h3-14H,2H2,1H3/b15-13+,19-14+. The molecule has 0 nitrogen and oxygen atoms in total. The number of hydrogen-bond donors (Lipinski definition) is 0. The van der Waals surface area contributed by atoms with Gasteiger partial charge in [-0.3, -0.25) is 0 Å². The molecule has 2 aromatic carbocycles. The zero-order chi connectivity index (χ0) is 14.4. The van der Waals surface area contributed by atoms with E-state index < -0.39 is 0 Å². The van der Waals surface area contributed by atoms with Crippen LogP contribution in [0, 0.1) is 0 Å². The molecular weight excluding hydrogens is 355 g/mol. The average molecular weight is 372 g/mol. The maximum atomic E-state index is 3.98. The van der Waals surface area contributed by atoms with E-state index >= 15 is 0 Å². The molecule has 0 fully saturated rings. The van der Waals surface area contributed by atoms with Crippen molar-refractivity contribution in [2.24, 2.45) is 0 Å². The Kier molecular flexibility index (Phi) is 5.36. The summed E-state index contributed by atoms with van der Waals surface area (Å²) in [6.07, 6.45) is 4.33. The zero-order valence-corrected chi connectivity index (χ0v) is 13.7. The monoisotopic (exact) mass is 372 g/mol. The van der Waals surface area contributed by atoms with Crippen molar-refractivity contribution in [3.05, 3.63) is 94.1 Å². The minimum Gasteiger partial charge on any atom is -0.0856 e. The lowest BCUT2D eigenvalue weighted by molar-refractivity contribution is 1.56. The van der Waals surface area contributed by atoms with Crippen LogP contribution in [-0.2, 0) is 0 Å². The highest BCUT2D eigenvalue weighted by Crippen LogP contribution is 2.24. The molecule has 100 valence electrons. The molecule has 2 rings (SSSR count). The Morgan fingerprint density at radius 1 is 0.850 bits per heavy atom. The summed E-state index contributed by atoms with van der Waals surface area (Å²) in [6, 6.07) is 20.8. The molecule has 0 unspecified atom stereocenters. The highest BCUT2D eigenvalue weighted by Gasteiger charge is 2.01. The fourth-order valence-corrected chi connectivity index (χ4v) is 2.36. The second-order valence-corrected chi connectivity index (χ2v) is 5.99. The van der Waals surface area contributed by atoms with Gasteiger partial charge >= 0.3 is 0 Å². The molecule has 0 saturated heterocycles. The molecule has 0 aliphatic rings. The van der Waals surface area contributed by atoms with Crippen molar-refractivity contribution in [1.82, 2.24) is 0 Å². The molecule has 0 heterocycles. The number of halogens is 1. The third kappa shape index (κ3) is 4.20. The van der Waals surface area contributed by atoms with Crippen molar-refractivity contribution in [3.8, 4) is 0 Å². The summed E-state index contributed by atoms with van der Waals surface area (Å²) in [7, 11) is 0. The van der Waals surface area contributed by atoms with E-state index in [1.165, 1.54) is 22.3 Å². The second-order valence-electron chi connectivity index (χ2n) is 4.61. The Bertz CT molecular complexity index is 634. The number of rotatable bonds is 4. The van der Waals surface area contributed by atoms with E-state index in [0.29, 0.717) is 0 Å². The lowest BCUT2D eigenvalue weighted by atomic mass is 9.99. The Morgan fingerprint density at radius 2 is 1.35 bits per heavy atom. The van der Waals surface area contributed by atoms with Crippen LogP contribution in [0.5, 0.6) is 0 Å². The first-order valence-electron chi connectivity index (χ1n) is 6.52. The van der Waals surface area contributed by atoms with Gasteiger partial charge in [0.15, 0.2) is 0 Å². The number of hydrogen-bond acceptors (Lipinski definition) is 0. The van der Waals surface area contributed by atoms with E-state index in [4.69, 9.17) is 0 Å². The molecule has 0 aromatic heterocycles. The summed E-state index contributed by atoms with van der Waals surface area (Å²) in [4.78, 5) is 0. The van der Waals surface area contributed by atoms with Gasteiger partial charge in [0.05, 0.1) is 0 Å². The molecular formula is C19H17I. The van der Waals surface area contributed by atoms with E-state index in [9.17, 15) is 0 Å². The Hall–Kier alpha value is -1.61. The van der Waals surface area contributed by atoms with Gasteiger partial charge in [0.2, 0.25) is 0 Å². The predicted octanol–water partition coefficient (Wildman–Crippen LogP) is 6.12. The topological polar surface area (TPSA) is 0 Å². The molecule has 20 heavy (non-hydrogen) atoms. The van der Waals surface area contributed by atoms with Crippen molar-refractivity contribution >= 4 is 33.7 Å². The summed E-state index contributed by atoms with van der Waals surface area (Å²) in [5.41, 5.74) is 4.89. The molecule has 0 amide bonds. The SMILES string of the molecule is C=C(I)/C=C(\C=C(/C)c1ccccc1)c1ccccc1. The van der Waals surface area contributed by atoms with Gasteiger partial charge in [0.1, 0.15) is 0 Å². The quantitative estimate of drug-likeness (QED) is 0.448. The Labute approximate surface area is 134 Å². The molecule has 0 aliphatic heterocycles. The van der Waals surface area contributed by atoms with Crippen LogP contribution in [-0.4, -0.2) is 0 Å². The van der Waals surface area contributed by atoms with Gasteiger partial charge in [-0.25, -0.2) is 0 Å².